The zero-order valence-electron chi connectivity index (χ0n) is 25.2. The molecular formula is C43H32N2. The van der Waals surface area contributed by atoms with E-state index >= 15 is 0 Å². The highest BCUT2D eigenvalue weighted by Gasteiger charge is 2.31. The molecule has 214 valence electrons. The van der Waals surface area contributed by atoms with Gasteiger partial charge in [0.15, 0.2) is 0 Å². The Morgan fingerprint density at radius 1 is 0.511 bits per heavy atom. The van der Waals surface area contributed by atoms with Crippen LogP contribution in [0.25, 0.3) is 66.4 Å². The lowest BCUT2D eigenvalue weighted by atomic mass is 9.82. The van der Waals surface area contributed by atoms with Crippen LogP contribution in [0, 0.1) is 0 Å². The van der Waals surface area contributed by atoms with Crippen molar-refractivity contribution in [3.63, 3.8) is 0 Å². The topological polar surface area (TPSA) is 15.3 Å². The van der Waals surface area contributed by atoms with Crippen molar-refractivity contribution in [2.45, 2.75) is 19.5 Å². The highest BCUT2D eigenvalue weighted by atomic mass is 15.3. The molecule has 0 amide bonds. The number of para-hydroxylation sites is 2. The molecule has 7 aromatic carbocycles. The summed E-state index contributed by atoms with van der Waals surface area (Å²) in [6, 6.07) is 55.6. The van der Waals surface area contributed by atoms with Gasteiger partial charge in [0.05, 0.1) is 11.4 Å². The van der Waals surface area contributed by atoms with Gasteiger partial charge in [-0.1, -0.05) is 128 Å². The summed E-state index contributed by atoms with van der Waals surface area (Å²) in [5, 5.41) is 6.37. The summed E-state index contributed by atoms with van der Waals surface area (Å²) >= 11 is 0. The monoisotopic (exact) mass is 576 g/mol. The first-order valence-electron chi connectivity index (χ1n) is 15.9. The highest BCUT2D eigenvalue weighted by Crippen LogP contribution is 2.57. The second-order valence-electron chi connectivity index (χ2n) is 12.0. The van der Waals surface area contributed by atoms with E-state index in [0.717, 1.165) is 6.42 Å². The zero-order chi connectivity index (χ0) is 29.9. The molecule has 0 radical (unpaired) electrons. The summed E-state index contributed by atoms with van der Waals surface area (Å²) in [4.78, 5) is 2.46. The van der Waals surface area contributed by atoms with Gasteiger partial charge >= 0.3 is 0 Å². The third-order valence-corrected chi connectivity index (χ3v) is 9.54. The Hall–Kier alpha value is -5.60. The van der Waals surface area contributed by atoms with Gasteiger partial charge in [0, 0.05) is 5.69 Å². The maximum absolute atomic E-state index is 3.74. The molecule has 1 unspecified atom stereocenters. The molecule has 1 N–H and O–H groups in total. The fourth-order valence-corrected chi connectivity index (χ4v) is 7.61. The van der Waals surface area contributed by atoms with E-state index in [1.807, 2.05) is 0 Å². The van der Waals surface area contributed by atoms with Crippen LogP contribution >= 0.6 is 0 Å². The van der Waals surface area contributed by atoms with Gasteiger partial charge in [-0.25, -0.2) is 0 Å². The maximum Gasteiger partial charge on any atom is 0.104 e. The van der Waals surface area contributed by atoms with Crippen LogP contribution in [0.2, 0.25) is 0 Å². The van der Waals surface area contributed by atoms with Crippen molar-refractivity contribution in [1.29, 1.82) is 0 Å². The van der Waals surface area contributed by atoms with Gasteiger partial charge in [-0.15, -0.1) is 0 Å². The Kier molecular flexibility index (Phi) is 5.89. The minimum atomic E-state index is 0.207. The second kappa shape index (κ2) is 10.2. The predicted molar refractivity (Wildman–Crippen MR) is 191 cm³/mol. The van der Waals surface area contributed by atoms with Crippen molar-refractivity contribution in [2.75, 3.05) is 10.2 Å². The third-order valence-electron chi connectivity index (χ3n) is 9.54. The number of fused-ring (bicyclic) bond motifs is 4. The molecule has 7 aromatic rings. The van der Waals surface area contributed by atoms with Gasteiger partial charge in [0.2, 0.25) is 0 Å². The van der Waals surface area contributed by atoms with Crippen LogP contribution in [-0.2, 0) is 0 Å². The Morgan fingerprint density at radius 2 is 1.13 bits per heavy atom. The molecule has 0 bridgehead atoms. The van der Waals surface area contributed by atoms with E-state index < -0.39 is 0 Å². The van der Waals surface area contributed by atoms with Gasteiger partial charge < -0.3 is 10.2 Å². The standard InChI is InChI=1S/C43H32N2/c1-2-39-44-37-24-9-10-25-38(37)45(39)32-21-11-20-31(26-32)36-27-35(28-14-5-3-6-15-28)42-33-22-12-18-29-19-13-23-34(40(29)33)43(42)41(36)30-16-7-4-8-17-30/h3-27,39,44H,2H2,1H3. The smallest absolute Gasteiger partial charge is 0.104 e. The van der Waals surface area contributed by atoms with Crippen LogP contribution in [0.5, 0.6) is 0 Å². The van der Waals surface area contributed by atoms with E-state index in [1.54, 1.807) is 0 Å². The molecule has 0 spiro atoms. The number of anilines is 3. The summed E-state index contributed by atoms with van der Waals surface area (Å²) in [5.41, 5.74) is 16.4. The maximum atomic E-state index is 3.74. The van der Waals surface area contributed by atoms with Crippen LogP contribution in [0.15, 0.2) is 152 Å². The molecule has 1 atom stereocenters. The van der Waals surface area contributed by atoms with Crippen molar-refractivity contribution in [1.82, 2.24) is 0 Å². The minimum Gasteiger partial charge on any atom is -0.363 e. The van der Waals surface area contributed by atoms with Gasteiger partial charge in [-0.05, 0) is 103 Å². The number of benzene rings is 7. The number of nitrogens with one attached hydrogen (secondary N) is 1. The van der Waals surface area contributed by atoms with E-state index in [2.05, 4.69) is 169 Å². The van der Waals surface area contributed by atoms with Crippen LogP contribution in [0.4, 0.5) is 17.1 Å². The molecule has 0 saturated heterocycles. The van der Waals surface area contributed by atoms with Gasteiger partial charge in [0.1, 0.15) is 6.17 Å². The first kappa shape index (κ1) is 25.9. The Morgan fingerprint density at radius 3 is 1.89 bits per heavy atom. The number of rotatable bonds is 5. The molecule has 1 heterocycles. The quantitative estimate of drug-likeness (QED) is 0.219. The van der Waals surface area contributed by atoms with Crippen LogP contribution in [-0.4, -0.2) is 6.17 Å². The fourth-order valence-electron chi connectivity index (χ4n) is 7.61. The lowest BCUT2D eigenvalue weighted by Crippen LogP contribution is -2.30. The molecule has 1 aliphatic heterocycles. The highest BCUT2D eigenvalue weighted by molar-refractivity contribution is 6.22. The first-order valence-corrected chi connectivity index (χ1v) is 15.9. The minimum absolute atomic E-state index is 0.207. The summed E-state index contributed by atoms with van der Waals surface area (Å²) in [6.45, 7) is 2.25. The molecule has 0 aromatic heterocycles. The van der Waals surface area contributed by atoms with Gasteiger partial charge in [-0.3, -0.25) is 0 Å². The van der Waals surface area contributed by atoms with Gasteiger partial charge in [0.25, 0.3) is 0 Å². The van der Waals surface area contributed by atoms with Crippen molar-refractivity contribution >= 4 is 27.8 Å². The lowest BCUT2D eigenvalue weighted by Gasteiger charge is -2.27. The number of nitrogens with zero attached hydrogens (tertiary/aromatic N) is 1. The van der Waals surface area contributed by atoms with E-state index in [-0.39, 0.29) is 6.17 Å². The Balaban J connectivity index is 1.36. The average Bonchev–Trinajstić information content (AvgIpc) is 3.66. The Labute approximate surface area is 264 Å². The molecule has 45 heavy (non-hydrogen) atoms. The molecular weight excluding hydrogens is 544 g/mol. The van der Waals surface area contributed by atoms with Crippen molar-refractivity contribution < 1.29 is 0 Å². The predicted octanol–water partition coefficient (Wildman–Crippen LogP) is 11.8. The molecule has 0 fully saturated rings. The molecule has 2 aliphatic rings. The zero-order valence-corrected chi connectivity index (χ0v) is 25.2. The molecule has 9 rings (SSSR count). The van der Waals surface area contributed by atoms with Crippen molar-refractivity contribution in [3.05, 3.63) is 152 Å². The van der Waals surface area contributed by atoms with Crippen molar-refractivity contribution in [2.24, 2.45) is 0 Å². The summed E-state index contributed by atoms with van der Waals surface area (Å²) in [7, 11) is 0. The summed E-state index contributed by atoms with van der Waals surface area (Å²) in [6.07, 6.45) is 1.20. The largest absolute Gasteiger partial charge is 0.363 e. The Bertz CT molecular complexity index is 2230. The van der Waals surface area contributed by atoms with Crippen molar-refractivity contribution in [3.8, 4) is 55.6 Å². The first-order chi connectivity index (χ1) is 22.3. The molecule has 0 saturated carbocycles. The molecule has 2 nitrogen and oxygen atoms in total. The van der Waals surface area contributed by atoms with Crippen LogP contribution < -0.4 is 10.2 Å². The SMILES string of the molecule is CCC1Nc2ccccc2N1c1cccc(-c2cc(-c3ccccc3)c3c(c2-c2ccccc2)-c2cccc4cccc-3c24)c1. The number of hydrogen-bond acceptors (Lipinski definition) is 2. The fraction of sp³-hybridized carbons (Fsp3) is 0.0698. The van der Waals surface area contributed by atoms with E-state index in [1.165, 1.54) is 83.5 Å². The van der Waals surface area contributed by atoms with E-state index in [0.29, 0.717) is 0 Å². The third kappa shape index (κ3) is 3.96. The average molecular weight is 577 g/mol. The second-order valence-corrected chi connectivity index (χ2v) is 12.0. The summed E-state index contributed by atoms with van der Waals surface area (Å²) < 4.78 is 0. The molecule has 2 heteroatoms. The van der Waals surface area contributed by atoms with Crippen LogP contribution in [0.1, 0.15) is 13.3 Å². The van der Waals surface area contributed by atoms with E-state index in [4.69, 9.17) is 0 Å². The number of hydrogen-bond donors (Lipinski definition) is 1. The lowest BCUT2D eigenvalue weighted by molar-refractivity contribution is 0.728. The van der Waals surface area contributed by atoms with E-state index in [9.17, 15) is 0 Å². The van der Waals surface area contributed by atoms with Crippen LogP contribution in [0.3, 0.4) is 0 Å². The van der Waals surface area contributed by atoms with Gasteiger partial charge in [-0.2, -0.15) is 0 Å². The summed E-state index contributed by atoms with van der Waals surface area (Å²) in [5.74, 6) is 0. The normalized spacial score (nSPS) is 14.3. The molecule has 1 aliphatic carbocycles.